The van der Waals surface area contributed by atoms with Crippen LogP contribution in [0.1, 0.15) is 12.0 Å². The van der Waals surface area contributed by atoms with E-state index in [9.17, 15) is 24.8 Å². The summed E-state index contributed by atoms with van der Waals surface area (Å²) in [5.74, 6) is -1.38. The van der Waals surface area contributed by atoms with E-state index in [4.69, 9.17) is 0 Å². The number of benzene rings is 1. The summed E-state index contributed by atoms with van der Waals surface area (Å²) in [5, 5.41) is 33.2. The molecule has 8 nitrogen and oxygen atoms in total. The fraction of sp³-hybridized carbons (Fsp3) is 0.438. The lowest BCUT2D eigenvalue weighted by Crippen LogP contribution is -2.39. The second kappa shape index (κ2) is 8.01. The highest BCUT2D eigenvalue weighted by Gasteiger charge is 2.20. The lowest BCUT2D eigenvalue weighted by atomic mass is 10.1. The van der Waals surface area contributed by atoms with Gasteiger partial charge in [-0.25, -0.2) is 5.06 Å². The molecule has 5 N–H and O–H groups in total. The maximum atomic E-state index is 12.0. The number of hydroxylamine groups is 2. The minimum atomic E-state index is -2.63. The van der Waals surface area contributed by atoms with Gasteiger partial charge >= 0.3 is 0 Å². The van der Waals surface area contributed by atoms with Crippen molar-refractivity contribution in [3.8, 4) is 5.75 Å². The number of aliphatic hydroxyl groups excluding tert-OH is 1. The topological polar surface area (TPSA) is 126 Å². The predicted molar refractivity (Wildman–Crippen MR) is 95.2 cm³/mol. The van der Waals surface area contributed by atoms with Gasteiger partial charge in [-0.15, -0.1) is 0 Å². The Balaban J connectivity index is 1.84. The van der Waals surface area contributed by atoms with Gasteiger partial charge in [-0.2, -0.15) is 0 Å². The first-order valence-corrected chi connectivity index (χ1v) is 10.6. The summed E-state index contributed by atoms with van der Waals surface area (Å²) in [4.78, 5) is 15.0. The first-order chi connectivity index (χ1) is 11.7. The van der Waals surface area contributed by atoms with Crippen LogP contribution in [0.2, 0.25) is 0 Å². The third-order valence-corrected chi connectivity index (χ3v) is 5.59. The molecule has 138 valence electrons. The molecule has 0 aliphatic carbocycles. The summed E-state index contributed by atoms with van der Waals surface area (Å²) in [6, 6.07) is 5.13. The first-order valence-electron chi connectivity index (χ1n) is 7.90. The zero-order chi connectivity index (χ0) is 18.6. The van der Waals surface area contributed by atoms with Crippen LogP contribution in [0.15, 0.2) is 24.4 Å². The number of rotatable bonds is 8. The maximum absolute atomic E-state index is 12.0. The van der Waals surface area contributed by atoms with Gasteiger partial charge in [0.25, 0.3) is 0 Å². The molecule has 0 aliphatic heterocycles. The molecule has 25 heavy (non-hydrogen) atoms. The zero-order valence-corrected chi connectivity index (χ0v) is 15.2. The van der Waals surface area contributed by atoms with E-state index in [1.807, 2.05) is 6.07 Å². The second-order valence-corrected chi connectivity index (χ2v) is 9.80. The van der Waals surface area contributed by atoms with Crippen molar-refractivity contribution in [1.82, 2.24) is 15.4 Å². The van der Waals surface area contributed by atoms with E-state index < -0.39 is 18.9 Å². The van der Waals surface area contributed by atoms with Gasteiger partial charge in [0.2, 0.25) is 5.91 Å². The van der Waals surface area contributed by atoms with Crippen molar-refractivity contribution in [2.45, 2.75) is 18.7 Å². The van der Waals surface area contributed by atoms with Crippen LogP contribution >= 0.6 is 7.14 Å². The van der Waals surface area contributed by atoms with Gasteiger partial charge in [0.15, 0.2) is 0 Å². The molecule has 0 bridgehead atoms. The van der Waals surface area contributed by atoms with Crippen molar-refractivity contribution in [2.75, 3.05) is 26.5 Å². The van der Waals surface area contributed by atoms with Gasteiger partial charge in [-0.1, -0.05) is 6.07 Å². The fourth-order valence-electron chi connectivity index (χ4n) is 2.41. The Morgan fingerprint density at radius 3 is 2.80 bits per heavy atom. The number of phenols is 1. The van der Waals surface area contributed by atoms with Gasteiger partial charge in [-0.3, -0.25) is 15.3 Å². The molecule has 1 aromatic carbocycles. The number of phenolic OH excluding ortho intramolecular Hbond substituents is 1. The van der Waals surface area contributed by atoms with Gasteiger partial charge in [-0.05, 0) is 37.4 Å². The molecule has 1 aromatic heterocycles. The summed E-state index contributed by atoms with van der Waals surface area (Å²) >= 11 is 0. The van der Waals surface area contributed by atoms with Crippen LogP contribution < -0.4 is 5.32 Å². The number of aryl methyl sites for hydroxylation is 1. The highest BCUT2D eigenvalue weighted by molar-refractivity contribution is 7.62. The van der Waals surface area contributed by atoms with Crippen molar-refractivity contribution in [3.05, 3.63) is 30.0 Å². The normalized spacial score (nSPS) is 13.1. The minimum absolute atomic E-state index is 0.0188. The first kappa shape index (κ1) is 19.5. The average Bonchev–Trinajstić information content (AvgIpc) is 2.96. The quantitative estimate of drug-likeness (QED) is 0.208. The van der Waals surface area contributed by atoms with Gasteiger partial charge in [0, 0.05) is 30.1 Å². The number of aromatic nitrogens is 1. The van der Waals surface area contributed by atoms with E-state index in [0.717, 1.165) is 11.1 Å². The lowest BCUT2D eigenvalue weighted by Gasteiger charge is -2.19. The molecular weight excluding hydrogens is 345 g/mol. The number of carbonyl (C=O) groups excluding carboxylic acids is 1. The van der Waals surface area contributed by atoms with Gasteiger partial charge < -0.3 is 19.8 Å². The third kappa shape index (κ3) is 5.06. The molecule has 2 aromatic rings. The molecule has 1 unspecified atom stereocenters. The predicted octanol–water partition coefficient (Wildman–Crippen LogP) is 1.51. The number of aromatic amines is 1. The number of amides is 1. The molecule has 1 amide bonds. The smallest absolute Gasteiger partial charge is 0.247 e. The number of nitrogens with zero attached hydrogens (tertiary/aromatic N) is 1. The minimum Gasteiger partial charge on any atom is -0.507 e. The zero-order valence-electron chi connectivity index (χ0n) is 14.3. The highest BCUT2D eigenvalue weighted by Crippen LogP contribution is 2.40. The monoisotopic (exact) mass is 369 g/mol. The molecule has 0 saturated heterocycles. The van der Waals surface area contributed by atoms with E-state index in [0.29, 0.717) is 16.9 Å². The molecule has 0 aliphatic rings. The molecule has 1 heterocycles. The van der Waals surface area contributed by atoms with Crippen LogP contribution in [-0.2, 0) is 15.8 Å². The van der Waals surface area contributed by atoms with Crippen LogP contribution in [0.4, 0.5) is 0 Å². The Labute approximate surface area is 145 Å². The van der Waals surface area contributed by atoms with Crippen molar-refractivity contribution in [3.63, 3.8) is 0 Å². The standard InChI is InChI=1S/C16H24N3O5P/c1-25(2,24)15(22)9-17-10-19(23)14(21)7-6-11-8-18-12-4-3-5-13(20)16(11)12/h3-5,8,15,17-18,20,22-23H,6-7,9-10H2,1-2H3. The molecule has 1 atom stereocenters. The molecular formula is C16H24N3O5P. The van der Waals surface area contributed by atoms with Crippen molar-refractivity contribution >= 4 is 24.0 Å². The van der Waals surface area contributed by atoms with E-state index in [1.165, 1.54) is 13.3 Å². The lowest BCUT2D eigenvalue weighted by molar-refractivity contribution is -0.166. The molecule has 0 radical (unpaired) electrons. The van der Waals surface area contributed by atoms with Crippen LogP contribution in [0, 0.1) is 0 Å². The van der Waals surface area contributed by atoms with E-state index in [2.05, 4.69) is 10.3 Å². The number of hydrogen-bond donors (Lipinski definition) is 5. The Morgan fingerprint density at radius 1 is 1.40 bits per heavy atom. The third-order valence-electron chi connectivity index (χ3n) is 3.97. The number of aromatic hydroxyl groups is 1. The van der Waals surface area contributed by atoms with E-state index >= 15 is 0 Å². The molecule has 0 saturated carbocycles. The van der Waals surface area contributed by atoms with E-state index in [1.54, 1.807) is 18.3 Å². The molecule has 0 spiro atoms. The van der Waals surface area contributed by atoms with Crippen LogP contribution in [0.5, 0.6) is 5.75 Å². The van der Waals surface area contributed by atoms with Gasteiger partial charge in [0.05, 0.1) is 6.67 Å². The Bertz CT molecular complexity index is 785. The van der Waals surface area contributed by atoms with E-state index in [-0.39, 0.29) is 25.4 Å². The highest BCUT2D eigenvalue weighted by atomic mass is 31.2. The number of fused-ring (bicyclic) bond motifs is 1. The van der Waals surface area contributed by atoms with Crippen LogP contribution in [0.3, 0.4) is 0 Å². The molecule has 0 fully saturated rings. The van der Waals surface area contributed by atoms with Gasteiger partial charge in [0.1, 0.15) is 18.7 Å². The fourth-order valence-corrected chi connectivity index (χ4v) is 2.98. The average molecular weight is 369 g/mol. The van der Waals surface area contributed by atoms with Crippen LogP contribution in [0.25, 0.3) is 10.9 Å². The number of H-pyrrole nitrogens is 1. The summed E-state index contributed by atoms with van der Waals surface area (Å²) in [6.07, 6.45) is 2.14. The number of hydrogen-bond acceptors (Lipinski definition) is 6. The second-order valence-electron chi connectivity index (χ2n) is 6.33. The summed E-state index contributed by atoms with van der Waals surface area (Å²) in [5.41, 5.74) is 1.57. The van der Waals surface area contributed by atoms with Crippen molar-refractivity contribution < 1.29 is 24.8 Å². The largest absolute Gasteiger partial charge is 0.507 e. The Kier molecular flexibility index (Phi) is 6.24. The summed E-state index contributed by atoms with van der Waals surface area (Å²) in [6.45, 7) is 2.79. The molecule has 2 rings (SSSR count). The van der Waals surface area contributed by atoms with Crippen molar-refractivity contribution in [1.29, 1.82) is 0 Å². The Hall–Kier alpha value is -1.86. The summed E-state index contributed by atoms with van der Waals surface area (Å²) < 4.78 is 11.6. The number of nitrogens with one attached hydrogen (secondary N) is 2. The summed E-state index contributed by atoms with van der Waals surface area (Å²) in [7, 11) is -2.63. The Morgan fingerprint density at radius 2 is 2.12 bits per heavy atom. The number of carbonyl (C=O) groups is 1. The molecule has 9 heteroatoms. The van der Waals surface area contributed by atoms with Crippen molar-refractivity contribution in [2.24, 2.45) is 0 Å². The van der Waals surface area contributed by atoms with Crippen LogP contribution in [-0.4, -0.2) is 63.8 Å². The number of aliphatic hydroxyl groups is 1. The maximum Gasteiger partial charge on any atom is 0.247 e. The SMILES string of the molecule is CP(C)(=O)C(O)CNCN(O)C(=O)CCc1c[nH]c2cccc(O)c12.